The van der Waals surface area contributed by atoms with E-state index in [-0.39, 0.29) is 18.5 Å². The lowest BCUT2D eigenvalue weighted by atomic mass is 10.0. The van der Waals surface area contributed by atoms with Crippen LogP contribution in [0.1, 0.15) is 32.6 Å². The largest absolute Gasteiger partial charge is 0.322 e. The van der Waals surface area contributed by atoms with E-state index in [1.807, 2.05) is 0 Å². The minimum Gasteiger partial charge on any atom is -0.322 e. The fraction of sp³-hybridized carbons (Fsp3) is 0.750. The summed E-state index contributed by atoms with van der Waals surface area (Å²) in [6.45, 7) is 2.57. The molecule has 2 atom stereocenters. The van der Waals surface area contributed by atoms with E-state index < -0.39 is 17.9 Å². The van der Waals surface area contributed by atoms with Crippen molar-refractivity contribution in [1.29, 1.82) is 0 Å². The van der Waals surface area contributed by atoms with Crippen molar-refractivity contribution in [3.63, 3.8) is 0 Å². The van der Waals surface area contributed by atoms with E-state index in [0.29, 0.717) is 6.42 Å². The summed E-state index contributed by atoms with van der Waals surface area (Å²) in [5.41, 5.74) is 0. The molecule has 0 spiro atoms. The molecule has 6 heteroatoms. The zero-order valence-corrected chi connectivity index (χ0v) is 10.6. The first-order valence-corrected chi connectivity index (χ1v) is 6.44. The molecule has 18 heavy (non-hydrogen) atoms. The number of carbonyl (C=O) groups is 3. The second kappa shape index (κ2) is 5.48. The molecular formula is C12H19N3O3. The molecule has 2 aliphatic rings. The van der Waals surface area contributed by atoms with E-state index in [0.717, 1.165) is 25.8 Å². The zero-order chi connectivity index (χ0) is 13.1. The topological polar surface area (TPSA) is 78.5 Å². The lowest BCUT2D eigenvalue weighted by Gasteiger charge is -2.33. The number of nitrogens with one attached hydrogen (secondary N) is 2. The summed E-state index contributed by atoms with van der Waals surface area (Å²) in [5.74, 6) is -0.913. The summed E-state index contributed by atoms with van der Waals surface area (Å²) in [6.07, 6.45) is 3.62. The van der Waals surface area contributed by atoms with Crippen molar-refractivity contribution in [3.05, 3.63) is 0 Å². The molecule has 0 saturated carbocycles. The van der Waals surface area contributed by atoms with Crippen molar-refractivity contribution in [2.45, 2.75) is 44.7 Å². The minimum atomic E-state index is -0.557. The number of imide groups is 1. The summed E-state index contributed by atoms with van der Waals surface area (Å²) < 4.78 is 0. The Morgan fingerprint density at radius 1 is 1.39 bits per heavy atom. The fourth-order valence-electron chi connectivity index (χ4n) is 2.44. The summed E-state index contributed by atoms with van der Waals surface area (Å²) in [6, 6.07) is -0.377. The van der Waals surface area contributed by atoms with Gasteiger partial charge in [-0.25, -0.2) is 0 Å². The lowest BCUT2D eigenvalue weighted by molar-refractivity contribution is -0.149. The maximum absolute atomic E-state index is 12.1. The van der Waals surface area contributed by atoms with Crippen LogP contribution in [0.25, 0.3) is 0 Å². The Labute approximate surface area is 106 Å². The van der Waals surface area contributed by atoms with Crippen molar-refractivity contribution in [3.8, 4) is 0 Å². The molecule has 2 N–H and O–H groups in total. The number of piperidine rings is 1. The Morgan fingerprint density at radius 3 is 2.83 bits per heavy atom. The number of hydrogen-bond donors (Lipinski definition) is 2. The molecule has 0 aliphatic carbocycles. The number of piperazine rings is 1. The molecule has 2 unspecified atom stereocenters. The van der Waals surface area contributed by atoms with Gasteiger partial charge in [0.05, 0.1) is 0 Å². The molecule has 0 bridgehead atoms. The molecule has 0 radical (unpaired) electrons. The second-order valence-corrected chi connectivity index (χ2v) is 4.96. The fourth-order valence-corrected chi connectivity index (χ4v) is 2.44. The molecule has 2 heterocycles. The predicted octanol–water partition coefficient (Wildman–Crippen LogP) is -0.608. The van der Waals surface area contributed by atoms with Gasteiger partial charge in [-0.05, 0) is 26.3 Å². The van der Waals surface area contributed by atoms with Gasteiger partial charge in [0.1, 0.15) is 12.6 Å². The van der Waals surface area contributed by atoms with Crippen LogP contribution in [0.5, 0.6) is 0 Å². The first kappa shape index (κ1) is 13.0. The SMILES string of the molecule is CC1C(=O)NC(=O)CN1C(=O)CC1CCCCN1. The summed E-state index contributed by atoms with van der Waals surface area (Å²) in [4.78, 5) is 36.2. The number of hydrogen-bond acceptors (Lipinski definition) is 4. The van der Waals surface area contributed by atoms with Crippen LogP contribution in [0, 0.1) is 0 Å². The lowest BCUT2D eigenvalue weighted by Crippen LogP contribution is -2.59. The smallest absolute Gasteiger partial charge is 0.249 e. The molecule has 0 aromatic heterocycles. The second-order valence-electron chi connectivity index (χ2n) is 4.96. The zero-order valence-electron chi connectivity index (χ0n) is 10.6. The Morgan fingerprint density at radius 2 is 2.17 bits per heavy atom. The van der Waals surface area contributed by atoms with E-state index in [4.69, 9.17) is 0 Å². The third-order valence-electron chi connectivity index (χ3n) is 3.58. The number of nitrogens with zero attached hydrogens (tertiary/aromatic N) is 1. The van der Waals surface area contributed by atoms with Crippen molar-refractivity contribution < 1.29 is 14.4 Å². The van der Waals surface area contributed by atoms with E-state index in [1.54, 1.807) is 6.92 Å². The van der Waals surface area contributed by atoms with Gasteiger partial charge in [0.15, 0.2) is 0 Å². The Kier molecular flexibility index (Phi) is 3.96. The van der Waals surface area contributed by atoms with Crippen LogP contribution in [0.15, 0.2) is 0 Å². The normalized spacial score (nSPS) is 29.1. The average Bonchev–Trinajstić information content (AvgIpc) is 2.35. The highest BCUT2D eigenvalue weighted by Gasteiger charge is 2.34. The molecule has 2 saturated heterocycles. The van der Waals surface area contributed by atoms with E-state index in [9.17, 15) is 14.4 Å². The Hall–Kier alpha value is -1.43. The molecule has 0 aromatic rings. The van der Waals surface area contributed by atoms with E-state index in [1.165, 1.54) is 4.90 Å². The van der Waals surface area contributed by atoms with Gasteiger partial charge in [-0.15, -0.1) is 0 Å². The molecule has 2 rings (SSSR count). The van der Waals surface area contributed by atoms with Crippen LogP contribution >= 0.6 is 0 Å². The summed E-state index contributed by atoms with van der Waals surface area (Å²) in [5, 5.41) is 5.52. The highest BCUT2D eigenvalue weighted by Crippen LogP contribution is 2.14. The first-order valence-electron chi connectivity index (χ1n) is 6.44. The number of carbonyl (C=O) groups excluding carboxylic acids is 3. The third-order valence-corrected chi connectivity index (χ3v) is 3.58. The number of rotatable bonds is 2. The van der Waals surface area contributed by atoms with E-state index >= 15 is 0 Å². The molecule has 3 amide bonds. The van der Waals surface area contributed by atoms with Crippen LogP contribution in [0.3, 0.4) is 0 Å². The molecule has 2 aliphatic heterocycles. The van der Waals surface area contributed by atoms with Crippen molar-refractivity contribution in [2.75, 3.05) is 13.1 Å². The van der Waals surface area contributed by atoms with Crippen LogP contribution in [-0.2, 0) is 14.4 Å². The average molecular weight is 253 g/mol. The maximum atomic E-state index is 12.1. The summed E-state index contributed by atoms with van der Waals surface area (Å²) in [7, 11) is 0. The van der Waals surface area contributed by atoms with Gasteiger partial charge >= 0.3 is 0 Å². The maximum Gasteiger partial charge on any atom is 0.249 e. The highest BCUT2D eigenvalue weighted by molar-refractivity contribution is 6.04. The van der Waals surface area contributed by atoms with Gasteiger partial charge in [0.2, 0.25) is 17.7 Å². The quantitative estimate of drug-likeness (QED) is 0.644. The van der Waals surface area contributed by atoms with Crippen molar-refractivity contribution >= 4 is 17.7 Å². The van der Waals surface area contributed by atoms with Crippen molar-refractivity contribution in [2.24, 2.45) is 0 Å². The van der Waals surface area contributed by atoms with Crippen molar-refractivity contribution in [1.82, 2.24) is 15.5 Å². The summed E-state index contributed by atoms with van der Waals surface area (Å²) >= 11 is 0. The predicted molar refractivity (Wildman–Crippen MR) is 64.6 cm³/mol. The van der Waals surface area contributed by atoms with Crippen LogP contribution in [0.4, 0.5) is 0 Å². The minimum absolute atomic E-state index is 0.0154. The van der Waals surface area contributed by atoms with Gasteiger partial charge in [-0.1, -0.05) is 6.42 Å². The molecular weight excluding hydrogens is 234 g/mol. The standard InChI is InChI=1S/C12H19N3O3/c1-8-12(18)14-10(16)7-15(8)11(17)6-9-4-2-3-5-13-9/h8-9,13H,2-7H2,1H3,(H,14,16,18). The van der Waals surface area contributed by atoms with Gasteiger partial charge in [-0.2, -0.15) is 0 Å². The number of amides is 3. The third kappa shape index (κ3) is 2.87. The Balaban J connectivity index is 1.94. The van der Waals surface area contributed by atoms with Gasteiger partial charge in [-0.3, -0.25) is 19.7 Å². The molecule has 2 fully saturated rings. The Bertz CT molecular complexity index is 364. The monoisotopic (exact) mass is 253 g/mol. The highest BCUT2D eigenvalue weighted by atomic mass is 16.2. The van der Waals surface area contributed by atoms with Gasteiger partial charge in [0, 0.05) is 12.5 Å². The molecule has 6 nitrogen and oxygen atoms in total. The van der Waals surface area contributed by atoms with Gasteiger partial charge in [0.25, 0.3) is 0 Å². The first-order chi connectivity index (χ1) is 8.58. The van der Waals surface area contributed by atoms with Gasteiger partial charge < -0.3 is 10.2 Å². The van der Waals surface area contributed by atoms with E-state index in [2.05, 4.69) is 10.6 Å². The molecule has 100 valence electrons. The van der Waals surface area contributed by atoms with Crippen LogP contribution in [0.2, 0.25) is 0 Å². The molecule has 0 aromatic carbocycles. The van der Waals surface area contributed by atoms with Crippen LogP contribution < -0.4 is 10.6 Å². The van der Waals surface area contributed by atoms with Crippen LogP contribution in [-0.4, -0.2) is 47.8 Å².